The molecular formula is C18H22N6O. The lowest BCUT2D eigenvalue weighted by molar-refractivity contribution is 0.0939. The van der Waals surface area contributed by atoms with Gasteiger partial charge in [0.15, 0.2) is 5.82 Å². The van der Waals surface area contributed by atoms with Crippen LogP contribution in [-0.2, 0) is 12.8 Å². The maximum atomic E-state index is 12.2. The van der Waals surface area contributed by atoms with Crippen molar-refractivity contribution < 1.29 is 4.79 Å². The largest absolute Gasteiger partial charge is 0.354 e. The number of anilines is 1. The number of nitrogens with zero attached hydrogens (tertiary/aromatic N) is 4. The lowest BCUT2D eigenvalue weighted by Gasteiger charge is -2.40. The highest BCUT2D eigenvalue weighted by Crippen LogP contribution is 2.39. The fourth-order valence-corrected chi connectivity index (χ4v) is 3.74. The van der Waals surface area contributed by atoms with Crippen molar-refractivity contribution in [2.75, 3.05) is 24.5 Å². The van der Waals surface area contributed by atoms with Gasteiger partial charge < -0.3 is 10.2 Å². The number of hydrogen-bond donors (Lipinski definition) is 2. The Labute approximate surface area is 146 Å². The molecule has 2 aromatic heterocycles. The van der Waals surface area contributed by atoms with Crippen LogP contribution in [0.5, 0.6) is 0 Å². The molecule has 0 radical (unpaired) electrons. The monoisotopic (exact) mass is 338 g/mol. The summed E-state index contributed by atoms with van der Waals surface area (Å²) in [6.45, 7) is 2.52. The molecule has 3 aliphatic rings. The smallest absolute Gasteiger partial charge is 0.271 e. The fraction of sp³-hybridized carbons (Fsp3) is 0.556. The third-order valence-corrected chi connectivity index (χ3v) is 5.49. The van der Waals surface area contributed by atoms with E-state index in [1.54, 1.807) is 0 Å². The first-order chi connectivity index (χ1) is 12.3. The molecule has 0 bridgehead atoms. The van der Waals surface area contributed by atoms with Gasteiger partial charge in [0.2, 0.25) is 0 Å². The Morgan fingerprint density at radius 1 is 1.24 bits per heavy atom. The van der Waals surface area contributed by atoms with Crippen molar-refractivity contribution in [3.8, 4) is 0 Å². The lowest BCUT2D eigenvalue weighted by Crippen LogP contribution is -2.52. The molecule has 0 spiro atoms. The minimum Gasteiger partial charge on any atom is -0.354 e. The van der Waals surface area contributed by atoms with Crippen LogP contribution in [0, 0.1) is 5.92 Å². The first kappa shape index (κ1) is 14.9. The van der Waals surface area contributed by atoms with Crippen molar-refractivity contribution in [1.29, 1.82) is 0 Å². The van der Waals surface area contributed by atoms with Gasteiger partial charge in [-0.1, -0.05) is 0 Å². The van der Waals surface area contributed by atoms with Crippen molar-refractivity contribution in [2.45, 2.75) is 38.0 Å². The van der Waals surface area contributed by atoms with E-state index in [0.717, 1.165) is 43.1 Å². The summed E-state index contributed by atoms with van der Waals surface area (Å²) in [6, 6.07) is 4.08. The summed E-state index contributed by atoms with van der Waals surface area (Å²) in [4.78, 5) is 14.4. The number of aryl methyl sites for hydroxylation is 2. The van der Waals surface area contributed by atoms with Crippen LogP contribution in [0.4, 0.5) is 5.82 Å². The molecule has 0 aromatic carbocycles. The number of nitrogens with one attached hydrogen (secondary N) is 2. The van der Waals surface area contributed by atoms with Crippen LogP contribution >= 0.6 is 0 Å². The van der Waals surface area contributed by atoms with Gasteiger partial charge in [0.1, 0.15) is 5.69 Å². The number of hydrogen-bond acceptors (Lipinski definition) is 5. The zero-order valence-electron chi connectivity index (χ0n) is 14.2. The number of carbonyl (C=O) groups excluding carboxylic acids is 1. The van der Waals surface area contributed by atoms with Crippen molar-refractivity contribution in [1.82, 2.24) is 25.7 Å². The molecule has 3 heterocycles. The molecule has 5 rings (SSSR count). The number of H-pyrrole nitrogens is 1. The van der Waals surface area contributed by atoms with Crippen LogP contribution in [0.2, 0.25) is 0 Å². The van der Waals surface area contributed by atoms with Crippen LogP contribution in [0.3, 0.4) is 0 Å². The van der Waals surface area contributed by atoms with Crippen LogP contribution in [-0.4, -0.2) is 45.9 Å². The van der Waals surface area contributed by atoms with E-state index >= 15 is 0 Å². The molecule has 25 heavy (non-hydrogen) atoms. The number of aromatic amines is 1. The normalized spacial score (nSPS) is 19.6. The molecule has 2 aliphatic carbocycles. The molecule has 7 heteroatoms. The van der Waals surface area contributed by atoms with E-state index in [9.17, 15) is 4.79 Å². The summed E-state index contributed by atoms with van der Waals surface area (Å²) >= 11 is 0. The Kier molecular flexibility index (Phi) is 3.46. The molecule has 2 N–H and O–H groups in total. The standard InChI is InChI=1S/C18H22N6O/c25-18(16-7-15(21-22-16)12-4-5-12)19-8-11-9-24(10-11)17-6-13-2-1-3-14(13)20-23-17/h6-7,11-12H,1-5,8-10H2,(H,19,25)(H,21,22). The zero-order valence-corrected chi connectivity index (χ0v) is 14.2. The summed E-state index contributed by atoms with van der Waals surface area (Å²) in [7, 11) is 0. The number of fused-ring (bicyclic) bond motifs is 1. The second-order valence-electron chi connectivity index (χ2n) is 7.49. The van der Waals surface area contributed by atoms with Gasteiger partial charge >= 0.3 is 0 Å². The van der Waals surface area contributed by atoms with Gasteiger partial charge in [0.05, 0.1) is 5.69 Å². The molecule has 1 saturated heterocycles. The summed E-state index contributed by atoms with van der Waals surface area (Å²) < 4.78 is 0. The fourth-order valence-electron chi connectivity index (χ4n) is 3.74. The Morgan fingerprint density at radius 2 is 2.12 bits per heavy atom. The summed E-state index contributed by atoms with van der Waals surface area (Å²) in [5, 5.41) is 18.8. The number of carbonyl (C=O) groups is 1. The van der Waals surface area contributed by atoms with Crippen LogP contribution in [0.25, 0.3) is 0 Å². The predicted octanol–water partition coefficient (Wildman–Crippen LogP) is 1.43. The third-order valence-electron chi connectivity index (χ3n) is 5.49. The van der Waals surface area contributed by atoms with E-state index in [-0.39, 0.29) is 5.91 Å². The highest BCUT2D eigenvalue weighted by atomic mass is 16.1. The number of amides is 1. The van der Waals surface area contributed by atoms with Crippen LogP contribution in [0.1, 0.15) is 52.6 Å². The van der Waals surface area contributed by atoms with Crippen molar-refractivity contribution in [3.05, 3.63) is 34.8 Å². The molecule has 130 valence electrons. The summed E-state index contributed by atoms with van der Waals surface area (Å²) in [5.41, 5.74) is 4.11. The van der Waals surface area contributed by atoms with E-state index in [0.29, 0.717) is 24.1 Å². The SMILES string of the molecule is O=C(NCC1CN(c2cc3c(nn2)CCC3)C1)c1cc(C2CC2)[nH]n1. The quantitative estimate of drug-likeness (QED) is 0.861. The van der Waals surface area contributed by atoms with E-state index in [1.165, 1.54) is 24.8 Å². The molecular weight excluding hydrogens is 316 g/mol. The Morgan fingerprint density at radius 3 is 2.96 bits per heavy atom. The molecule has 1 saturated carbocycles. The van der Waals surface area contributed by atoms with Crippen molar-refractivity contribution in [2.24, 2.45) is 5.92 Å². The lowest BCUT2D eigenvalue weighted by atomic mass is 10.00. The third kappa shape index (κ3) is 2.88. The number of rotatable bonds is 5. The zero-order chi connectivity index (χ0) is 16.8. The molecule has 0 unspecified atom stereocenters. The van der Waals surface area contributed by atoms with E-state index in [4.69, 9.17) is 0 Å². The van der Waals surface area contributed by atoms with E-state index < -0.39 is 0 Å². The average molecular weight is 338 g/mol. The molecule has 7 nitrogen and oxygen atoms in total. The van der Waals surface area contributed by atoms with Crippen LogP contribution < -0.4 is 10.2 Å². The maximum absolute atomic E-state index is 12.2. The van der Waals surface area contributed by atoms with E-state index in [1.807, 2.05) is 6.07 Å². The van der Waals surface area contributed by atoms with Gasteiger partial charge in [-0.05, 0) is 49.8 Å². The second-order valence-corrected chi connectivity index (χ2v) is 7.49. The molecule has 0 atom stereocenters. The highest BCUT2D eigenvalue weighted by Gasteiger charge is 2.30. The van der Waals surface area contributed by atoms with Gasteiger partial charge in [0.25, 0.3) is 5.91 Å². The summed E-state index contributed by atoms with van der Waals surface area (Å²) in [6.07, 6.45) is 5.78. The first-order valence-electron chi connectivity index (χ1n) is 9.20. The molecule has 1 aliphatic heterocycles. The Hall–Kier alpha value is -2.44. The van der Waals surface area contributed by atoms with Gasteiger partial charge in [-0.3, -0.25) is 9.89 Å². The Balaban J connectivity index is 1.12. The highest BCUT2D eigenvalue weighted by molar-refractivity contribution is 5.92. The predicted molar refractivity (Wildman–Crippen MR) is 92.7 cm³/mol. The van der Waals surface area contributed by atoms with Gasteiger partial charge in [-0.25, -0.2) is 0 Å². The van der Waals surface area contributed by atoms with Gasteiger partial charge in [0, 0.05) is 37.2 Å². The molecule has 2 fully saturated rings. The number of aromatic nitrogens is 4. The van der Waals surface area contributed by atoms with Gasteiger partial charge in [-0.15, -0.1) is 5.10 Å². The molecule has 1 amide bonds. The molecule has 2 aromatic rings. The first-order valence-corrected chi connectivity index (χ1v) is 9.20. The van der Waals surface area contributed by atoms with Crippen molar-refractivity contribution >= 4 is 11.7 Å². The second kappa shape index (κ2) is 5.82. The summed E-state index contributed by atoms with van der Waals surface area (Å²) in [5.74, 6) is 1.94. The maximum Gasteiger partial charge on any atom is 0.271 e. The average Bonchev–Trinajstić information content (AvgIpc) is 3.13. The topological polar surface area (TPSA) is 86.8 Å². The minimum absolute atomic E-state index is 0.0843. The van der Waals surface area contributed by atoms with Gasteiger partial charge in [-0.2, -0.15) is 10.2 Å². The minimum atomic E-state index is -0.0843. The Bertz CT molecular complexity index is 806. The van der Waals surface area contributed by atoms with Crippen LogP contribution in [0.15, 0.2) is 12.1 Å². The van der Waals surface area contributed by atoms with Crippen molar-refractivity contribution in [3.63, 3.8) is 0 Å². The van der Waals surface area contributed by atoms with E-state index in [2.05, 4.69) is 36.7 Å².